The summed E-state index contributed by atoms with van der Waals surface area (Å²) in [6, 6.07) is 1.74. The van der Waals surface area contributed by atoms with Crippen LogP contribution >= 0.6 is 0 Å². The number of nitrogens with one attached hydrogen (secondary N) is 1. The van der Waals surface area contributed by atoms with Crippen molar-refractivity contribution in [2.45, 2.75) is 13.3 Å². The molecule has 0 fully saturated rings. The molecule has 2 heterocycles. The van der Waals surface area contributed by atoms with E-state index >= 15 is 0 Å². The van der Waals surface area contributed by atoms with Gasteiger partial charge >= 0.3 is 0 Å². The van der Waals surface area contributed by atoms with Crippen molar-refractivity contribution in [2.75, 3.05) is 12.4 Å². The molecule has 6 heteroatoms. The summed E-state index contributed by atoms with van der Waals surface area (Å²) in [7, 11) is 3.47. The fourth-order valence-electron chi connectivity index (χ4n) is 1.56. The Morgan fingerprint density at radius 1 is 1.41 bits per heavy atom. The lowest BCUT2D eigenvalue weighted by Crippen LogP contribution is -1.97. The summed E-state index contributed by atoms with van der Waals surface area (Å²) >= 11 is 0. The van der Waals surface area contributed by atoms with Crippen molar-refractivity contribution in [1.82, 2.24) is 19.7 Å². The highest BCUT2D eigenvalue weighted by Gasteiger charge is 2.07. The van der Waals surface area contributed by atoms with Crippen LogP contribution in [0.15, 0.2) is 18.6 Å². The van der Waals surface area contributed by atoms with Crippen LogP contribution in [0.1, 0.15) is 12.6 Å². The molecule has 0 amide bonds. The predicted octanol–water partition coefficient (Wildman–Crippen LogP) is 1.52. The van der Waals surface area contributed by atoms with Gasteiger partial charge in [0.05, 0.1) is 18.5 Å². The van der Waals surface area contributed by atoms with Gasteiger partial charge in [-0.1, -0.05) is 6.92 Å². The second kappa shape index (κ2) is 4.82. The highest BCUT2D eigenvalue weighted by molar-refractivity contribution is 5.58. The summed E-state index contributed by atoms with van der Waals surface area (Å²) in [4.78, 5) is 8.08. The van der Waals surface area contributed by atoms with Gasteiger partial charge < -0.3 is 10.1 Å². The number of aryl methyl sites for hydroxylation is 2. The molecule has 0 aliphatic rings. The van der Waals surface area contributed by atoms with Crippen LogP contribution in [0.3, 0.4) is 0 Å². The van der Waals surface area contributed by atoms with E-state index in [0.717, 1.165) is 17.8 Å². The molecule has 0 bridgehead atoms. The first-order valence-electron chi connectivity index (χ1n) is 5.38. The molecule has 0 aliphatic heterocycles. The maximum atomic E-state index is 5.04. The van der Waals surface area contributed by atoms with Crippen LogP contribution in [0.4, 0.5) is 11.5 Å². The Hall–Kier alpha value is -2.11. The lowest BCUT2D eigenvalue weighted by Gasteiger charge is -2.05. The molecular weight excluding hydrogens is 218 g/mol. The zero-order valence-electron chi connectivity index (χ0n) is 10.1. The van der Waals surface area contributed by atoms with Gasteiger partial charge in [0.1, 0.15) is 12.1 Å². The summed E-state index contributed by atoms with van der Waals surface area (Å²) in [5.41, 5.74) is 1.96. The maximum Gasteiger partial charge on any atom is 0.218 e. The second-order valence-electron chi connectivity index (χ2n) is 3.59. The number of aromatic nitrogens is 4. The van der Waals surface area contributed by atoms with Gasteiger partial charge in [-0.05, 0) is 6.42 Å². The average Bonchev–Trinajstić information content (AvgIpc) is 2.69. The molecule has 0 aromatic carbocycles. The maximum absolute atomic E-state index is 5.04. The van der Waals surface area contributed by atoms with Crippen LogP contribution in [0.5, 0.6) is 5.88 Å². The highest BCUT2D eigenvalue weighted by Crippen LogP contribution is 2.20. The highest BCUT2D eigenvalue weighted by atomic mass is 16.5. The molecule has 2 aromatic heterocycles. The monoisotopic (exact) mass is 233 g/mol. The van der Waals surface area contributed by atoms with E-state index in [1.165, 1.54) is 6.33 Å². The van der Waals surface area contributed by atoms with Crippen molar-refractivity contribution in [2.24, 2.45) is 7.05 Å². The smallest absolute Gasteiger partial charge is 0.218 e. The SMILES string of the molecule is CCc1nn(C)cc1Nc1cc(OC)ncn1. The van der Waals surface area contributed by atoms with Gasteiger partial charge in [-0.3, -0.25) is 4.68 Å². The summed E-state index contributed by atoms with van der Waals surface area (Å²) in [6.45, 7) is 2.06. The van der Waals surface area contributed by atoms with Crippen molar-refractivity contribution in [1.29, 1.82) is 0 Å². The van der Waals surface area contributed by atoms with Crippen molar-refractivity contribution in [3.63, 3.8) is 0 Å². The molecule has 0 saturated carbocycles. The van der Waals surface area contributed by atoms with Crippen LogP contribution in [0, 0.1) is 0 Å². The predicted molar refractivity (Wildman–Crippen MR) is 64.5 cm³/mol. The molecule has 0 unspecified atom stereocenters. The Labute approximate surface area is 99.7 Å². The number of methoxy groups -OCH3 is 1. The van der Waals surface area contributed by atoms with Crippen LogP contribution in [0.2, 0.25) is 0 Å². The first kappa shape index (κ1) is 11.4. The molecule has 0 saturated heterocycles. The van der Waals surface area contributed by atoms with Gasteiger partial charge in [-0.2, -0.15) is 5.10 Å². The lowest BCUT2D eigenvalue weighted by molar-refractivity contribution is 0.397. The summed E-state index contributed by atoms with van der Waals surface area (Å²) in [5, 5.41) is 7.55. The minimum atomic E-state index is 0.532. The van der Waals surface area contributed by atoms with Crippen molar-refractivity contribution in [3.05, 3.63) is 24.3 Å². The first-order chi connectivity index (χ1) is 8.22. The van der Waals surface area contributed by atoms with Crippen molar-refractivity contribution < 1.29 is 4.74 Å². The molecule has 0 radical (unpaired) electrons. The van der Waals surface area contributed by atoms with Crippen LogP contribution < -0.4 is 10.1 Å². The topological polar surface area (TPSA) is 64.9 Å². The van der Waals surface area contributed by atoms with E-state index in [4.69, 9.17) is 4.74 Å². The van der Waals surface area contributed by atoms with Crippen molar-refractivity contribution in [3.8, 4) is 5.88 Å². The number of hydrogen-bond donors (Lipinski definition) is 1. The fourth-order valence-corrected chi connectivity index (χ4v) is 1.56. The van der Waals surface area contributed by atoms with E-state index < -0.39 is 0 Å². The Morgan fingerprint density at radius 3 is 2.94 bits per heavy atom. The normalized spacial score (nSPS) is 10.3. The van der Waals surface area contributed by atoms with Crippen molar-refractivity contribution >= 4 is 11.5 Å². The van der Waals surface area contributed by atoms with Crippen LogP contribution in [-0.4, -0.2) is 26.9 Å². The molecule has 1 N–H and O–H groups in total. The van der Waals surface area contributed by atoms with Crippen LogP contribution in [0.25, 0.3) is 0 Å². The number of hydrogen-bond acceptors (Lipinski definition) is 5. The first-order valence-corrected chi connectivity index (χ1v) is 5.38. The van der Waals surface area contributed by atoms with E-state index in [2.05, 4.69) is 27.3 Å². The Balaban J connectivity index is 2.24. The molecular formula is C11H15N5O. The lowest BCUT2D eigenvalue weighted by atomic mass is 10.3. The van der Waals surface area contributed by atoms with E-state index in [1.807, 2.05) is 13.2 Å². The molecule has 6 nitrogen and oxygen atoms in total. The number of ether oxygens (including phenoxy) is 1. The van der Waals surface area contributed by atoms with Gasteiger partial charge in [0.15, 0.2) is 0 Å². The minimum absolute atomic E-state index is 0.532. The second-order valence-corrected chi connectivity index (χ2v) is 3.59. The minimum Gasteiger partial charge on any atom is -0.481 e. The van der Waals surface area contributed by atoms with Gasteiger partial charge in [-0.25, -0.2) is 9.97 Å². The number of nitrogens with zero attached hydrogens (tertiary/aromatic N) is 4. The number of anilines is 2. The third-order valence-corrected chi connectivity index (χ3v) is 2.35. The third kappa shape index (κ3) is 2.52. The van der Waals surface area contributed by atoms with Gasteiger partial charge in [-0.15, -0.1) is 0 Å². The van der Waals surface area contributed by atoms with Gasteiger partial charge in [0.25, 0.3) is 0 Å². The zero-order valence-corrected chi connectivity index (χ0v) is 10.1. The summed E-state index contributed by atoms with van der Waals surface area (Å²) < 4.78 is 6.82. The van der Waals surface area contributed by atoms with Crippen LogP contribution in [-0.2, 0) is 13.5 Å². The Morgan fingerprint density at radius 2 is 2.24 bits per heavy atom. The van der Waals surface area contributed by atoms with Gasteiger partial charge in [0.2, 0.25) is 5.88 Å². The Bertz CT molecular complexity index is 508. The Kier molecular flexibility index (Phi) is 3.22. The molecule has 2 aromatic rings. The molecule has 0 aliphatic carbocycles. The summed E-state index contributed by atoms with van der Waals surface area (Å²) in [5.74, 6) is 1.23. The quantitative estimate of drug-likeness (QED) is 0.867. The van der Waals surface area contributed by atoms with E-state index in [0.29, 0.717) is 11.7 Å². The standard InChI is InChI=1S/C11H15N5O/c1-4-8-9(6-16(2)15-8)14-10-5-11(17-3)13-7-12-10/h5-7H,4H2,1-3H3,(H,12,13,14). The van der Waals surface area contributed by atoms with Gasteiger partial charge in [0, 0.05) is 19.3 Å². The molecule has 0 atom stereocenters. The summed E-state index contributed by atoms with van der Waals surface area (Å²) in [6.07, 6.45) is 4.25. The van der Waals surface area contributed by atoms with E-state index in [-0.39, 0.29) is 0 Å². The zero-order chi connectivity index (χ0) is 12.3. The molecule has 0 spiro atoms. The average molecular weight is 233 g/mol. The number of rotatable bonds is 4. The van der Waals surface area contributed by atoms with E-state index in [1.54, 1.807) is 17.9 Å². The molecule has 17 heavy (non-hydrogen) atoms. The largest absolute Gasteiger partial charge is 0.481 e. The van der Waals surface area contributed by atoms with E-state index in [9.17, 15) is 0 Å². The fraction of sp³-hybridized carbons (Fsp3) is 0.364. The third-order valence-electron chi connectivity index (χ3n) is 2.35. The molecule has 2 rings (SSSR count). The molecule has 90 valence electrons.